The summed E-state index contributed by atoms with van der Waals surface area (Å²) >= 11 is 0. The quantitative estimate of drug-likeness (QED) is 0.678. The Morgan fingerprint density at radius 3 is 2.22 bits per heavy atom. The SMILES string of the molecule is CC(=O)NCC(=O)Nc1ccc(S(N)(=O)=O)cc1. The van der Waals surface area contributed by atoms with Crippen LogP contribution in [0, 0.1) is 0 Å². The molecule has 4 N–H and O–H groups in total. The van der Waals surface area contributed by atoms with Crippen molar-refractivity contribution in [2.24, 2.45) is 5.14 Å². The van der Waals surface area contributed by atoms with E-state index in [1.165, 1.54) is 31.2 Å². The van der Waals surface area contributed by atoms with Crippen LogP contribution in [-0.4, -0.2) is 26.8 Å². The van der Waals surface area contributed by atoms with Crippen LogP contribution in [0.3, 0.4) is 0 Å². The number of amides is 2. The lowest BCUT2D eigenvalue weighted by atomic mass is 10.3. The molecule has 98 valence electrons. The van der Waals surface area contributed by atoms with E-state index in [2.05, 4.69) is 10.6 Å². The Morgan fingerprint density at radius 1 is 1.22 bits per heavy atom. The number of carbonyl (C=O) groups excluding carboxylic acids is 2. The third-order valence-electron chi connectivity index (χ3n) is 1.96. The van der Waals surface area contributed by atoms with Crippen molar-refractivity contribution < 1.29 is 18.0 Å². The lowest BCUT2D eigenvalue weighted by molar-refractivity contribution is -0.122. The van der Waals surface area contributed by atoms with E-state index in [1.54, 1.807) is 0 Å². The molecule has 1 rings (SSSR count). The number of nitrogens with one attached hydrogen (secondary N) is 2. The van der Waals surface area contributed by atoms with Crippen molar-refractivity contribution in [3.05, 3.63) is 24.3 Å². The summed E-state index contributed by atoms with van der Waals surface area (Å²) in [4.78, 5) is 21.9. The normalized spacial score (nSPS) is 10.8. The molecule has 1 aromatic rings. The molecule has 0 atom stereocenters. The summed E-state index contributed by atoms with van der Waals surface area (Å²) in [7, 11) is -3.74. The number of hydrogen-bond donors (Lipinski definition) is 3. The second-order valence-corrected chi connectivity index (χ2v) is 5.09. The van der Waals surface area contributed by atoms with Crippen LogP contribution in [0.5, 0.6) is 0 Å². The van der Waals surface area contributed by atoms with E-state index < -0.39 is 15.9 Å². The molecule has 0 saturated carbocycles. The topological polar surface area (TPSA) is 118 Å². The Kier molecular flexibility index (Phi) is 4.40. The zero-order valence-corrected chi connectivity index (χ0v) is 10.5. The summed E-state index contributed by atoms with van der Waals surface area (Å²) in [6.45, 7) is 1.15. The van der Waals surface area contributed by atoms with E-state index in [1.807, 2.05) is 0 Å². The maximum Gasteiger partial charge on any atom is 0.243 e. The smallest absolute Gasteiger partial charge is 0.243 e. The van der Waals surface area contributed by atoms with Crippen LogP contribution in [0.2, 0.25) is 0 Å². The highest BCUT2D eigenvalue weighted by Crippen LogP contribution is 2.12. The number of anilines is 1. The van der Waals surface area contributed by atoms with Crippen LogP contribution in [-0.2, 0) is 19.6 Å². The van der Waals surface area contributed by atoms with Crippen molar-refractivity contribution in [3.63, 3.8) is 0 Å². The Bertz CT molecular complexity index is 551. The molecule has 7 nitrogen and oxygen atoms in total. The summed E-state index contributed by atoms with van der Waals surface area (Å²) in [5.74, 6) is -0.719. The Labute approximate surface area is 104 Å². The molecule has 1 aromatic carbocycles. The van der Waals surface area contributed by atoms with E-state index in [0.717, 1.165) is 0 Å². The molecule has 0 saturated heterocycles. The first-order valence-corrected chi connectivity index (χ1v) is 6.51. The standard InChI is InChI=1S/C10H13N3O4S/c1-7(14)12-6-10(15)13-8-2-4-9(5-3-8)18(11,16)17/h2-5H,6H2,1H3,(H,12,14)(H,13,15)(H2,11,16,17). The van der Waals surface area contributed by atoms with Gasteiger partial charge in [0, 0.05) is 12.6 Å². The van der Waals surface area contributed by atoms with Gasteiger partial charge in [-0.25, -0.2) is 13.6 Å². The van der Waals surface area contributed by atoms with Gasteiger partial charge >= 0.3 is 0 Å². The second kappa shape index (κ2) is 5.61. The number of sulfonamides is 1. The van der Waals surface area contributed by atoms with Gasteiger partial charge in [0.25, 0.3) is 0 Å². The predicted molar refractivity (Wildman–Crippen MR) is 65.1 cm³/mol. The summed E-state index contributed by atoms with van der Waals surface area (Å²) in [6, 6.07) is 5.38. The largest absolute Gasteiger partial charge is 0.347 e. The first kappa shape index (κ1) is 14.1. The Hall–Kier alpha value is -1.93. The van der Waals surface area contributed by atoms with Crippen molar-refractivity contribution in [2.75, 3.05) is 11.9 Å². The van der Waals surface area contributed by atoms with Crippen LogP contribution in [0.4, 0.5) is 5.69 Å². The van der Waals surface area contributed by atoms with E-state index in [0.29, 0.717) is 5.69 Å². The van der Waals surface area contributed by atoms with Gasteiger partial charge < -0.3 is 10.6 Å². The molecule has 0 radical (unpaired) electrons. The minimum absolute atomic E-state index is 0.0395. The highest BCUT2D eigenvalue weighted by Gasteiger charge is 2.08. The van der Waals surface area contributed by atoms with Crippen molar-refractivity contribution in [1.29, 1.82) is 0 Å². The van der Waals surface area contributed by atoms with Gasteiger partial charge in [-0.15, -0.1) is 0 Å². The van der Waals surface area contributed by atoms with Gasteiger partial charge in [0.05, 0.1) is 11.4 Å². The molecule has 0 unspecified atom stereocenters. The number of nitrogens with two attached hydrogens (primary N) is 1. The fourth-order valence-electron chi connectivity index (χ4n) is 1.14. The first-order valence-electron chi connectivity index (χ1n) is 4.96. The van der Waals surface area contributed by atoms with Gasteiger partial charge in [-0.05, 0) is 24.3 Å². The van der Waals surface area contributed by atoms with Crippen LogP contribution in [0.25, 0.3) is 0 Å². The van der Waals surface area contributed by atoms with E-state index in [4.69, 9.17) is 5.14 Å². The van der Waals surface area contributed by atoms with Crippen molar-refractivity contribution in [1.82, 2.24) is 5.32 Å². The number of rotatable bonds is 4. The van der Waals surface area contributed by atoms with Gasteiger partial charge in [-0.2, -0.15) is 0 Å². The summed E-state index contributed by atoms with van der Waals surface area (Å²) in [6.07, 6.45) is 0. The van der Waals surface area contributed by atoms with Crippen molar-refractivity contribution in [2.45, 2.75) is 11.8 Å². The van der Waals surface area contributed by atoms with Gasteiger partial charge in [0.1, 0.15) is 0 Å². The highest BCUT2D eigenvalue weighted by molar-refractivity contribution is 7.89. The summed E-state index contributed by atoms with van der Waals surface area (Å²) in [5.41, 5.74) is 0.415. The molecule has 8 heteroatoms. The Balaban J connectivity index is 2.64. The monoisotopic (exact) mass is 271 g/mol. The fraction of sp³-hybridized carbons (Fsp3) is 0.200. The second-order valence-electron chi connectivity index (χ2n) is 3.53. The first-order chi connectivity index (χ1) is 8.29. The van der Waals surface area contributed by atoms with Crippen LogP contribution < -0.4 is 15.8 Å². The molecule has 0 heterocycles. The zero-order chi connectivity index (χ0) is 13.8. The summed E-state index contributed by atoms with van der Waals surface area (Å²) in [5, 5.41) is 9.75. The van der Waals surface area contributed by atoms with E-state index in [9.17, 15) is 18.0 Å². The molecule has 0 fully saturated rings. The lowest BCUT2D eigenvalue weighted by Gasteiger charge is -2.06. The third-order valence-corrected chi connectivity index (χ3v) is 2.89. The molecular formula is C10H13N3O4S. The lowest BCUT2D eigenvalue weighted by Crippen LogP contribution is -2.31. The van der Waals surface area contributed by atoms with Gasteiger partial charge in [0.2, 0.25) is 21.8 Å². The molecule has 0 aliphatic carbocycles. The van der Waals surface area contributed by atoms with Crippen molar-refractivity contribution >= 4 is 27.5 Å². The highest BCUT2D eigenvalue weighted by atomic mass is 32.2. The predicted octanol–water partition coefficient (Wildman–Crippen LogP) is -0.591. The minimum Gasteiger partial charge on any atom is -0.347 e. The van der Waals surface area contributed by atoms with Crippen molar-refractivity contribution in [3.8, 4) is 0 Å². The van der Waals surface area contributed by atoms with Gasteiger partial charge in [-0.3, -0.25) is 9.59 Å². The fourth-order valence-corrected chi connectivity index (χ4v) is 1.65. The molecule has 0 aliphatic heterocycles. The third kappa shape index (κ3) is 4.52. The molecule has 0 aliphatic rings. The number of hydrogen-bond acceptors (Lipinski definition) is 4. The van der Waals surface area contributed by atoms with E-state index in [-0.39, 0.29) is 17.3 Å². The molecular weight excluding hydrogens is 258 g/mol. The average molecular weight is 271 g/mol. The molecule has 0 aromatic heterocycles. The van der Waals surface area contributed by atoms with E-state index >= 15 is 0 Å². The Morgan fingerprint density at radius 2 is 1.78 bits per heavy atom. The van der Waals surface area contributed by atoms with Crippen LogP contribution in [0.1, 0.15) is 6.92 Å². The average Bonchev–Trinajstić information content (AvgIpc) is 2.26. The minimum atomic E-state index is -3.74. The van der Waals surface area contributed by atoms with Crippen LogP contribution in [0.15, 0.2) is 29.2 Å². The summed E-state index contributed by atoms with van der Waals surface area (Å²) < 4.78 is 22.0. The molecule has 0 bridgehead atoms. The maximum atomic E-state index is 11.3. The zero-order valence-electron chi connectivity index (χ0n) is 9.64. The van der Waals surface area contributed by atoms with Gasteiger partial charge in [0.15, 0.2) is 0 Å². The molecule has 0 spiro atoms. The van der Waals surface area contributed by atoms with Crippen LogP contribution >= 0.6 is 0 Å². The number of carbonyl (C=O) groups is 2. The molecule has 2 amide bonds. The molecule has 18 heavy (non-hydrogen) atoms. The maximum absolute atomic E-state index is 11.3. The van der Waals surface area contributed by atoms with Gasteiger partial charge in [-0.1, -0.05) is 0 Å². The number of primary sulfonamides is 1. The number of benzene rings is 1.